The molecule has 3 amide bonds. The molecule has 10 heteroatoms. The zero-order valence-corrected chi connectivity index (χ0v) is 24.8. The molecular formula is C32H46N4O6. The fourth-order valence-electron chi connectivity index (χ4n) is 5.21. The Hall–Kier alpha value is -3.76. The van der Waals surface area contributed by atoms with Crippen LogP contribution in [0.25, 0.3) is 0 Å². The zero-order chi connectivity index (χ0) is 31.0. The number of carbonyl (C=O) groups excluding carboxylic acids is 2. The molecule has 0 spiro atoms. The van der Waals surface area contributed by atoms with Gasteiger partial charge in [0.15, 0.2) is 0 Å². The van der Waals surface area contributed by atoms with Gasteiger partial charge in [0.25, 0.3) is 0 Å². The highest BCUT2D eigenvalue weighted by atomic mass is 16.4. The van der Waals surface area contributed by atoms with E-state index in [-0.39, 0.29) is 18.5 Å². The number of aldehydes is 1. The number of carboxylic acid groups (broad SMARTS) is 2. The van der Waals surface area contributed by atoms with Crippen molar-refractivity contribution in [1.29, 1.82) is 0 Å². The Balaban J connectivity index is 2.38. The Bertz CT molecular complexity index is 1070. The molecule has 0 aliphatic rings. The van der Waals surface area contributed by atoms with E-state index < -0.39 is 35.6 Å². The smallest absolute Gasteiger partial charge is 0.411 e. The van der Waals surface area contributed by atoms with E-state index in [9.17, 15) is 24.3 Å². The van der Waals surface area contributed by atoms with E-state index in [1.165, 1.54) is 0 Å². The lowest BCUT2D eigenvalue weighted by molar-refractivity contribution is -0.124. The number of benzene rings is 2. The maximum atomic E-state index is 13.2. The minimum atomic E-state index is -1.47. The lowest BCUT2D eigenvalue weighted by Gasteiger charge is -2.40. The Morgan fingerprint density at radius 2 is 1.40 bits per heavy atom. The fourth-order valence-corrected chi connectivity index (χ4v) is 5.21. The molecule has 0 bridgehead atoms. The standard InChI is InChI=1S/C32H46N4O6/c1-23(2)27(22-37)33-18-12-6-11-17-32(19-25-13-7-4-8-14-25,20-26-15-9-5-10-16-26)36-28(29(38)35-31(41)42)24(3)21-34-30(39)40/h4-5,7-10,13-16,22-24,27-28,33-34,36H,6,11-12,17-21H2,1-3H3,(H,35,38)(H,39,40)(H,41,42)/t24?,27-,28+/m1/s1. The lowest BCUT2D eigenvalue weighted by Crippen LogP contribution is -2.61. The summed E-state index contributed by atoms with van der Waals surface area (Å²) in [6.45, 7) is 6.40. The van der Waals surface area contributed by atoms with Crippen LogP contribution in [0, 0.1) is 11.8 Å². The van der Waals surface area contributed by atoms with Gasteiger partial charge in [-0.15, -0.1) is 0 Å². The van der Waals surface area contributed by atoms with Gasteiger partial charge in [0, 0.05) is 12.1 Å². The third-order valence-corrected chi connectivity index (χ3v) is 7.47. The van der Waals surface area contributed by atoms with Gasteiger partial charge in [-0.3, -0.25) is 15.4 Å². The van der Waals surface area contributed by atoms with E-state index in [0.29, 0.717) is 25.8 Å². The second-order valence-corrected chi connectivity index (χ2v) is 11.4. The number of imide groups is 1. The van der Waals surface area contributed by atoms with E-state index in [2.05, 4.69) is 16.0 Å². The van der Waals surface area contributed by atoms with Crippen molar-refractivity contribution in [3.8, 4) is 0 Å². The van der Waals surface area contributed by atoms with Crippen molar-refractivity contribution in [2.75, 3.05) is 13.1 Å². The number of hydrogen-bond donors (Lipinski definition) is 6. The van der Waals surface area contributed by atoms with Crippen LogP contribution in [0.2, 0.25) is 0 Å². The van der Waals surface area contributed by atoms with Gasteiger partial charge in [0.1, 0.15) is 6.29 Å². The van der Waals surface area contributed by atoms with Crippen LogP contribution in [-0.2, 0) is 22.4 Å². The molecule has 10 nitrogen and oxygen atoms in total. The van der Waals surface area contributed by atoms with Crippen LogP contribution < -0.4 is 21.3 Å². The van der Waals surface area contributed by atoms with Gasteiger partial charge < -0.3 is 25.6 Å². The molecule has 6 N–H and O–H groups in total. The van der Waals surface area contributed by atoms with Crippen LogP contribution in [0.15, 0.2) is 60.7 Å². The van der Waals surface area contributed by atoms with Crippen molar-refractivity contribution in [2.24, 2.45) is 11.8 Å². The molecule has 3 atom stereocenters. The molecule has 0 aromatic heterocycles. The van der Waals surface area contributed by atoms with Crippen LogP contribution >= 0.6 is 0 Å². The van der Waals surface area contributed by atoms with Gasteiger partial charge in [-0.05, 0) is 55.2 Å². The molecule has 1 unspecified atom stereocenters. The molecule has 0 saturated heterocycles. The summed E-state index contributed by atoms with van der Waals surface area (Å²) in [6, 6.07) is 18.7. The monoisotopic (exact) mass is 582 g/mol. The van der Waals surface area contributed by atoms with E-state index in [0.717, 1.165) is 36.7 Å². The molecule has 0 fully saturated rings. The summed E-state index contributed by atoms with van der Waals surface area (Å²) < 4.78 is 0. The molecule has 0 aliphatic heterocycles. The van der Waals surface area contributed by atoms with Crippen molar-refractivity contribution >= 4 is 24.4 Å². The van der Waals surface area contributed by atoms with E-state index >= 15 is 0 Å². The van der Waals surface area contributed by atoms with Crippen LogP contribution in [0.1, 0.15) is 57.6 Å². The third kappa shape index (κ3) is 12.4. The number of unbranched alkanes of at least 4 members (excludes halogenated alkanes) is 2. The molecule has 42 heavy (non-hydrogen) atoms. The predicted molar refractivity (Wildman–Crippen MR) is 162 cm³/mol. The van der Waals surface area contributed by atoms with Gasteiger partial charge >= 0.3 is 12.2 Å². The van der Waals surface area contributed by atoms with Gasteiger partial charge in [-0.25, -0.2) is 9.59 Å². The number of rotatable bonds is 19. The van der Waals surface area contributed by atoms with Crippen molar-refractivity contribution in [3.63, 3.8) is 0 Å². The Kier molecular flexibility index (Phi) is 14.7. The SMILES string of the molecule is CC(CNC(=O)O)[C@H](NC(CCCCCN[C@H](C=O)C(C)C)(Cc1ccccc1)Cc1ccccc1)C(=O)NC(=O)O. The van der Waals surface area contributed by atoms with Crippen LogP contribution in [-0.4, -0.2) is 65.3 Å². The molecule has 2 aromatic rings. The van der Waals surface area contributed by atoms with Crippen LogP contribution in [0.3, 0.4) is 0 Å². The summed E-state index contributed by atoms with van der Waals surface area (Å²) in [7, 11) is 0. The van der Waals surface area contributed by atoms with Gasteiger partial charge in [-0.1, -0.05) is 94.3 Å². The Morgan fingerprint density at radius 3 is 1.88 bits per heavy atom. The van der Waals surface area contributed by atoms with Gasteiger partial charge in [-0.2, -0.15) is 0 Å². The highest BCUT2D eigenvalue weighted by Crippen LogP contribution is 2.28. The summed E-state index contributed by atoms with van der Waals surface area (Å²) in [5.74, 6) is -1.07. The van der Waals surface area contributed by atoms with E-state index in [1.54, 1.807) is 6.92 Å². The average Bonchev–Trinajstić information content (AvgIpc) is 2.94. The first-order chi connectivity index (χ1) is 20.0. The normalized spacial score (nSPS) is 13.6. The summed E-state index contributed by atoms with van der Waals surface area (Å²) in [4.78, 5) is 47.2. The maximum absolute atomic E-state index is 13.2. The molecule has 2 rings (SSSR count). The number of nitrogens with one attached hydrogen (secondary N) is 4. The number of amides is 3. The summed E-state index contributed by atoms with van der Waals surface area (Å²) in [6.07, 6.45) is 2.63. The number of carbonyl (C=O) groups is 4. The van der Waals surface area contributed by atoms with Gasteiger partial charge in [0.05, 0.1) is 12.1 Å². The first-order valence-electron chi connectivity index (χ1n) is 14.6. The maximum Gasteiger partial charge on any atom is 0.411 e. The second-order valence-electron chi connectivity index (χ2n) is 11.4. The summed E-state index contributed by atoms with van der Waals surface area (Å²) in [5.41, 5.74) is 1.46. The molecular weight excluding hydrogens is 536 g/mol. The second kappa shape index (κ2) is 17.9. The van der Waals surface area contributed by atoms with E-state index in [1.807, 2.05) is 79.8 Å². The summed E-state index contributed by atoms with van der Waals surface area (Å²) in [5, 5.41) is 29.6. The van der Waals surface area contributed by atoms with E-state index in [4.69, 9.17) is 5.11 Å². The minimum Gasteiger partial charge on any atom is -0.465 e. The fraction of sp³-hybridized carbons (Fsp3) is 0.500. The van der Waals surface area contributed by atoms with Crippen LogP contribution in [0.5, 0.6) is 0 Å². The highest BCUT2D eigenvalue weighted by molar-refractivity contribution is 5.94. The zero-order valence-electron chi connectivity index (χ0n) is 24.8. The third-order valence-electron chi connectivity index (χ3n) is 7.47. The molecule has 230 valence electrons. The Morgan fingerprint density at radius 1 is 0.833 bits per heavy atom. The minimum absolute atomic E-state index is 0.0355. The molecule has 2 aromatic carbocycles. The quantitative estimate of drug-likeness (QED) is 0.106. The summed E-state index contributed by atoms with van der Waals surface area (Å²) >= 11 is 0. The molecule has 0 heterocycles. The van der Waals surface area contributed by atoms with Gasteiger partial charge in [0.2, 0.25) is 5.91 Å². The van der Waals surface area contributed by atoms with Crippen molar-refractivity contribution in [3.05, 3.63) is 71.8 Å². The van der Waals surface area contributed by atoms with Crippen molar-refractivity contribution in [2.45, 2.75) is 76.9 Å². The molecule has 0 radical (unpaired) electrons. The van der Waals surface area contributed by atoms with Crippen molar-refractivity contribution < 1.29 is 29.4 Å². The lowest BCUT2D eigenvalue weighted by atomic mass is 9.79. The average molecular weight is 583 g/mol. The first kappa shape index (κ1) is 34.4. The largest absolute Gasteiger partial charge is 0.465 e. The van der Waals surface area contributed by atoms with Crippen molar-refractivity contribution in [1.82, 2.24) is 21.3 Å². The number of hydrogen-bond acceptors (Lipinski definition) is 6. The van der Waals surface area contributed by atoms with Crippen LogP contribution in [0.4, 0.5) is 9.59 Å². The Labute approximate surface area is 248 Å². The predicted octanol–water partition coefficient (Wildman–Crippen LogP) is 4.24. The highest BCUT2D eigenvalue weighted by Gasteiger charge is 2.37. The molecule has 0 saturated carbocycles. The topological polar surface area (TPSA) is 157 Å². The first-order valence-corrected chi connectivity index (χ1v) is 14.6. The molecule has 0 aliphatic carbocycles.